The molecule has 2 aliphatic rings. The standard InChI is InChI=1S/C23H17F3N2/c1-14-22(15-5-3-2-4-6-15)20(12-27)23(16-9-18(25)11-19(26)10-16)21-8-7-17(24)13-28(14)21/h2-11,13H,1,12,27H2. The maximum atomic E-state index is 14.0. The molecule has 0 saturated carbocycles. The number of rotatable bonds is 3. The van der Waals surface area contributed by atoms with E-state index in [1.807, 2.05) is 30.3 Å². The van der Waals surface area contributed by atoms with Crippen LogP contribution in [-0.2, 0) is 0 Å². The van der Waals surface area contributed by atoms with E-state index in [0.717, 1.165) is 11.6 Å². The summed E-state index contributed by atoms with van der Waals surface area (Å²) in [5.41, 5.74) is 10.3. The molecule has 2 aromatic carbocycles. The van der Waals surface area contributed by atoms with E-state index >= 15 is 0 Å². The van der Waals surface area contributed by atoms with Crippen molar-refractivity contribution in [1.82, 2.24) is 4.90 Å². The first-order valence-corrected chi connectivity index (χ1v) is 8.73. The van der Waals surface area contributed by atoms with Crippen molar-refractivity contribution in [1.29, 1.82) is 0 Å². The minimum Gasteiger partial charge on any atom is -0.326 e. The van der Waals surface area contributed by atoms with Gasteiger partial charge in [-0.3, -0.25) is 0 Å². The van der Waals surface area contributed by atoms with Gasteiger partial charge in [0.15, 0.2) is 0 Å². The molecule has 2 nitrogen and oxygen atoms in total. The van der Waals surface area contributed by atoms with Gasteiger partial charge in [0.1, 0.15) is 17.5 Å². The molecule has 0 radical (unpaired) electrons. The number of nitrogens with two attached hydrogens (primary N) is 1. The summed E-state index contributed by atoms with van der Waals surface area (Å²) in [7, 11) is 0. The second kappa shape index (κ2) is 7.02. The monoisotopic (exact) mass is 378 g/mol. The quantitative estimate of drug-likeness (QED) is 0.785. The lowest BCUT2D eigenvalue weighted by molar-refractivity contribution is 0.554. The Bertz CT molecular complexity index is 1070. The van der Waals surface area contributed by atoms with Crippen LogP contribution in [0.5, 0.6) is 0 Å². The highest BCUT2D eigenvalue weighted by Crippen LogP contribution is 2.45. The molecule has 4 rings (SSSR count). The van der Waals surface area contributed by atoms with Crippen molar-refractivity contribution < 1.29 is 13.2 Å². The summed E-state index contributed by atoms with van der Waals surface area (Å²) in [5, 5.41) is 0. The van der Waals surface area contributed by atoms with Crippen LogP contribution < -0.4 is 5.73 Å². The number of benzene rings is 2. The number of hydrogen-bond acceptors (Lipinski definition) is 2. The third-order valence-corrected chi connectivity index (χ3v) is 4.77. The van der Waals surface area contributed by atoms with Crippen LogP contribution in [0.3, 0.4) is 0 Å². The van der Waals surface area contributed by atoms with Gasteiger partial charge in [-0.15, -0.1) is 0 Å². The Morgan fingerprint density at radius 1 is 0.857 bits per heavy atom. The highest BCUT2D eigenvalue weighted by atomic mass is 19.1. The van der Waals surface area contributed by atoms with Crippen molar-refractivity contribution in [2.75, 3.05) is 6.54 Å². The number of nitrogens with zero attached hydrogens (tertiary/aromatic N) is 1. The molecule has 0 aliphatic carbocycles. The van der Waals surface area contributed by atoms with Gasteiger partial charge in [-0.1, -0.05) is 36.9 Å². The molecular weight excluding hydrogens is 361 g/mol. The Hall–Kier alpha value is -3.31. The largest absolute Gasteiger partial charge is 0.326 e. The summed E-state index contributed by atoms with van der Waals surface area (Å²) < 4.78 is 41.9. The molecule has 2 heterocycles. The van der Waals surface area contributed by atoms with Gasteiger partial charge in [0, 0.05) is 35.7 Å². The van der Waals surface area contributed by atoms with Gasteiger partial charge in [-0.2, -0.15) is 0 Å². The van der Waals surface area contributed by atoms with Crippen LogP contribution in [0.15, 0.2) is 96.3 Å². The predicted molar refractivity (Wildman–Crippen MR) is 105 cm³/mol. The molecule has 0 bridgehead atoms. The maximum Gasteiger partial charge on any atom is 0.139 e. The molecule has 0 spiro atoms. The fourth-order valence-electron chi connectivity index (χ4n) is 3.65. The second-order valence-electron chi connectivity index (χ2n) is 6.51. The van der Waals surface area contributed by atoms with Crippen LogP contribution >= 0.6 is 0 Å². The van der Waals surface area contributed by atoms with Crippen LogP contribution in [0.25, 0.3) is 11.1 Å². The molecule has 0 atom stereocenters. The van der Waals surface area contributed by atoms with Gasteiger partial charge >= 0.3 is 0 Å². The highest BCUT2D eigenvalue weighted by Gasteiger charge is 2.31. The van der Waals surface area contributed by atoms with E-state index in [1.165, 1.54) is 24.4 Å². The predicted octanol–water partition coefficient (Wildman–Crippen LogP) is 5.30. The fraction of sp³-hybridized carbons (Fsp3) is 0.0435. The first-order valence-electron chi connectivity index (χ1n) is 8.73. The molecule has 2 aromatic rings. The van der Waals surface area contributed by atoms with Crippen LogP contribution in [0.4, 0.5) is 13.2 Å². The van der Waals surface area contributed by atoms with Gasteiger partial charge in [-0.05, 0) is 41.0 Å². The second-order valence-corrected chi connectivity index (χ2v) is 6.51. The van der Waals surface area contributed by atoms with E-state index in [-0.39, 0.29) is 6.54 Å². The fourth-order valence-corrected chi connectivity index (χ4v) is 3.65. The molecule has 0 fully saturated rings. The summed E-state index contributed by atoms with van der Waals surface area (Å²) in [6, 6.07) is 12.7. The molecular formula is C23H17F3N2. The van der Waals surface area contributed by atoms with E-state index < -0.39 is 17.5 Å². The minimum atomic E-state index is -0.696. The van der Waals surface area contributed by atoms with Crippen molar-refractivity contribution in [3.05, 3.63) is 119 Å². The van der Waals surface area contributed by atoms with Crippen LogP contribution in [0, 0.1) is 11.6 Å². The molecule has 0 saturated heterocycles. The molecule has 2 aliphatic heterocycles. The smallest absolute Gasteiger partial charge is 0.139 e. The summed E-state index contributed by atoms with van der Waals surface area (Å²) in [5.74, 6) is -1.84. The van der Waals surface area contributed by atoms with E-state index in [0.29, 0.717) is 33.7 Å². The lowest BCUT2D eigenvalue weighted by atomic mass is 9.83. The van der Waals surface area contributed by atoms with Gasteiger partial charge in [0.2, 0.25) is 0 Å². The normalized spacial score (nSPS) is 16.5. The minimum absolute atomic E-state index is 0.119. The average Bonchev–Trinajstić information content (AvgIpc) is 2.68. The van der Waals surface area contributed by atoms with Gasteiger partial charge in [0.05, 0.1) is 5.70 Å². The molecule has 28 heavy (non-hydrogen) atoms. The molecule has 140 valence electrons. The molecule has 2 N–H and O–H groups in total. The Labute approximate surface area is 161 Å². The lowest BCUT2D eigenvalue weighted by Crippen LogP contribution is -2.26. The first-order chi connectivity index (χ1) is 13.5. The van der Waals surface area contributed by atoms with E-state index in [9.17, 15) is 13.2 Å². The number of fused-ring (bicyclic) bond motifs is 1. The van der Waals surface area contributed by atoms with Crippen LogP contribution in [-0.4, -0.2) is 11.4 Å². The molecule has 0 aromatic heterocycles. The van der Waals surface area contributed by atoms with Crippen molar-refractivity contribution in [3.8, 4) is 0 Å². The molecule has 5 heteroatoms. The van der Waals surface area contributed by atoms with Crippen LogP contribution in [0.2, 0.25) is 0 Å². The Morgan fingerprint density at radius 3 is 2.18 bits per heavy atom. The summed E-state index contributed by atoms with van der Waals surface area (Å²) in [4.78, 5) is 1.59. The number of allylic oxidation sites excluding steroid dienone is 4. The van der Waals surface area contributed by atoms with Crippen LogP contribution in [0.1, 0.15) is 11.1 Å². The Kier molecular flexibility index (Phi) is 4.53. The van der Waals surface area contributed by atoms with Crippen molar-refractivity contribution in [3.63, 3.8) is 0 Å². The van der Waals surface area contributed by atoms with Gasteiger partial charge in [0.25, 0.3) is 0 Å². The topological polar surface area (TPSA) is 29.3 Å². The van der Waals surface area contributed by atoms with E-state index in [4.69, 9.17) is 5.73 Å². The van der Waals surface area contributed by atoms with Crippen molar-refractivity contribution >= 4 is 11.1 Å². The third-order valence-electron chi connectivity index (χ3n) is 4.77. The average molecular weight is 378 g/mol. The lowest BCUT2D eigenvalue weighted by Gasteiger charge is -2.36. The van der Waals surface area contributed by atoms with Crippen molar-refractivity contribution in [2.45, 2.75) is 0 Å². The van der Waals surface area contributed by atoms with E-state index in [2.05, 4.69) is 6.58 Å². The van der Waals surface area contributed by atoms with E-state index in [1.54, 1.807) is 11.0 Å². The van der Waals surface area contributed by atoms with Crippen molar-refractivity contribution in [2.24, 2.45) is 5.73 Å². The number of hydrogen-bond donors (Lipinski definition) is 1. The highest BCUT2D eigenvalue weighted by molar-refractivity contribution is 5.99. The van der Waals surface area contributed by atoms with Gasteiger partial charge < -0.3 is 10.6 Å². The zero-order valence-electron chi connectivity index (χ0n) is 14.9. The summed E-state index contributed by atoms with van der Waals surface area (Å²) >= 11 is 0. The molecule has 0 amide bonds. The first kappa shape index (κ1) is 18.1. The summed E-state index contributed by atoms with van der Waals surface area (Å²) in [6.07, 6.45) is 4.18. The zero-order chi connectivity index (χ0) is 19.8. The maximum absolute atomic E-state index is 14.0. The van der Waals surface area contributed by atoms with Gasteiger partial charge in [-0.25, -0.2) is 13.2 Å². The zero-order valence-corrected chi connectivity index (χ0v) is 14.9. The Balaban J connectivity index is 2.06. The number of halogens is 3. The SMILES string of the molecule is C=C1C(c2ccccc2)=C(CN)C(c2cc(F)cc(F)c2)=C2C=CC(F)=CN12. The molecule has 0 unspecified atom stereocenters. The summed E-state index contributed by atoms with van der Waals surface area (Å²) in [6.45, 7) is 4.26. The Morgan fingerprint density at radius 2 is 1.54 bits per heavy atom. The third kappa shape index (κ3) is 3.00.